The second-order valence-electron chi connectivity index (χ2n) is 5.52. The van der Waals surface area contributed by atoms with Crippen LogP contribution in [0.4, 0.5) is 14.6 Å². The summed E-state index contributed by atoms with van der Waals surface area (Å²) < 4.78 is 32.9. The van der Waals surface area contributed by atoms with Crippen LogP contribution in [0.3, 0.4) is 0 Å². The third-order valence-corrected chi connectivity index (χ3v) is 3.81. The van der Waals surface area contributed by atoms with Gasteiger partial charge in [0.15, 0.2) is 5.78 Å². The predicted octanol–water partition coefficient (Wildman–Crippen LogP) is 3.16. The maximum atomic E-state index is 13.7. The normalized spacial score (nSPS) is 12.4. The van der Waals surface area contributed by atoms with Gasteiger partial charge in [-0.25, -0.2) is 18.7 Å². The Morgan fingerprint density at radius 2 is 2.00 bits per heavy atom. The minimum atomic E-state index is -1.44. The van der Waals surface area contributed by atoms with Crippen molar-refractivity contribution in [2.75, 3.05) is 11.9 Å². The number of Topliss-reactive ketones (excluding diaryl/α,β-unsaturated/α-hetero) is 1. The highest BCUT2D eigenvalue weighted by Gasteiger charge is 2.22. The number of carbonyl (C=O) groups is 1. The summed E-state index contributed by atoms with van der Waals surface area (Å²) >= 11 is 0. The van der Waals surface area contributed by atoms with E-state index in [0.717, 1.165) is 12.1 Å². The molecule has 2 aromatic heterocycles. The molecule has 2 N–H and O–H groups in total. The fourth-order valence-corrected chi connectivity index (χ4v) is 2.73. The maximum absolute atomic E-state index is 13.7. The number of nitrogens with zero attached hydrogens (tertiary/aromatic N) is 2. The SMILES string of the molecule is CC(=O)c1c(C)oc2ncnc(NCC(O)c3c(F)cccc3F)c12. The first-order valence-corrected chi connectivity index (χ1v) is 7.51. The van der Waals surface area contributed by atoms with Crippen molar-refractivity contribution in [1.82, 2.24) is 9.97 Å². The van der Waals surface area contributed by atoms with Crippen LogP contribution in [0, 0.1) is 18.6 Å². The number of carbonyl (C=O) groups excluding carboxylic acids is 1. The van der Waals surface area contributed by atoms with Crippen molar-refractivity contribution in [2.24, 2.45) is 0 Å². The van der Waals surface area contributed by atoms with Crippen molar-refractivity contribution in [1.29, 1.82) is 0 Å². The molecule has 0 aliphatic heterocycles. The number of halogens is 2. The lowest BCUT2D eigenvalue weighted by molar-refractivity contribution is 0.101. The minimum absolute atomic E-state index is 0.215. The standard InChI is InChI=1S/C17H15F2N3O3/c1-8(23)13-9(2)25-17-15(13)16(21-7-22-17)20-6-12(24)14-10(18)4-3-5-11(14)19/h3-5,7,12,24H,6H2,1-2H3,(H,20,21,22). The van der Waals surface area contributed by atoms with E-state index in [0.29, 0.717) is 16.7 Å². The van der Waals surface area contributed by atoms with E-state index < -0.39 is 23.3 Å². The van der Waals surface area contributed by atoms with E-state index in [2.05, 4.69) is 15.3 Å². The molecule has 0 aliphatic carbocycles. The lowest BCUT2D eigenvalue weighted by atomic mass is 10.1. The number of benzene rings is 1. The van der Waals surface area contributed by atoms with Crippen LogP contribution in [0.15, 0.2) is 28.9 Å². The zero-order chi connectivity index (χ0) is 18.1. The molecule has 0 aliphatic rings. The minimum Gasteiger partial charge on any atom is -0.442 e. The van der Waals surface area contributed by atoms with Gasteiger partial charge in [-0.15, -0.1) is 0 Å². The van der Waals surface area contributed by atoms with E-state index in [1.807, 2.05) is 0 Å². The Balaban J connectivity index is 1.93. The molecule has 1 unspecified atom stereocenters. The Morgan fingerprint density at radius 3 is 2.64 bits per heavy atom. The molecule has 0 saturated carbocycles. The van der Waals surface area contributed by atoms with E-state index in [4.69, 9.17) is 4.42 Å². The van der Waals surface area contributed by atoms with Crippen LogP contribution < -0.4 is 5.32 Å². The average Bonchev–Trinajstić information content (AvgIpc) is 2.89. The number of anilines is 1. The summed E-state index contributed by atoms with van der Waals surface area (Å²) in [4.78, 5) is 19.9. The lowest BCUT2D eigenvalue weighted by Crippen LogP contribution is -2.16. The van der Waals surface area contributed by atoms with Gasteiger partial charge in [-0.05, 0) is 26.0 Å². The van der Waals surface area contributed by atoms with E-state index in [9.17, 15) is 18.7 Å². The summed E-state index contributed by atoms with van der Waals surface area (Å²) in [5, 5.41) is 13.3. The molecular formula is C17H15F2N3O3. The fourth-order valence-electron chi connectivity index (χ4n) is 2.73. The lowest BCUT2D eigenvalue weighted by Gasteiger charge is -2.14. The smallest absolute Gasteiger partial charge is 0.232 e. The van der Waals surface area contributed by atoms with E-state index in [-0.39, 0.29) is 23.9 Å². The summed E-state index contributed by atoms with van der Waals surface area (Å²) in [5.41, 5.74) is 0.104. The number of ketones is 1. The predicted molar refractivity (Wildman–Crippen MR) is 86.4 cm³/mol. The molecule has 1 atom stereocenters. The first kappa shape index (κ1) is 17.0. The molecular weight excluding hydrogens is 332 g/mol. The zero-order valence-corrected chi connectivity index (χ0v) is 13.5. The third kappa shape index (κ3) is 3.08. The number of aromatic nitrogens is 2. The van der Waals surface area contributed by atoms with Crippen molar-refractivity contribution in [2.45, 2.75) is 20.0 Å². The summed E-state index contributed by atoms with van der Waals surface area (Å²) in [6.45, 7) is 2.80. The highest BCUT2D eigenvalue weighted by molar-refractivity contribution is 6.09. The fraction of sp³-hybridized carbons (Fsp3) is 0.235. The Labute approximate surface area is 141 Å². The maximum Gasteiger partial charge on any atom is 0.232 e. The van der Waals surface area contributed by atoms with Gasteiger partial charge in [0.05, 0.1) is 16.5 Å². The van der Waals surface area contributed by atoms with Crippen LogP contribution in [0.1, 0.15) is 34.7 Å². The third-order valence-electron chi connectivity index (χ3n) is 3.81. The second-order valence-corrected chi connectivity index (χ2v) is 5.52. The number of furan rings is 1. The van der Waals surface area contributed by atoms with Crippen molar-refractivity contribution in [3.05, 3.63) is 53.0 Å². The van der Waals surface area contributed by atoms with Gasteiger partial charge in [0.25, 0.3) is 0 Å². The summed E-state index contributed by atoms with van der Waals surface area (Å²) in [6.07, 6.45) is -0.215. The van der Waals surface area contributed by atoms with Crippen LogP contribution in [0.5, 0.6) is 0 Å². The molecule has 130 valence electrons. The van der Waals surface area contributed by atoms with E-state index in [1.54, 1.807) is 6.92 Å². The van der Waals surface area contributed by atoms with Crippen LogP contribution in [-0.4, -0.2) is 27.4 Å². The monoisotopic (exact) mass is 347 g/mol. The number of hydrogen-bond donors (Lipinski definition) is 2. The van der Waals surface area contributed by atoms with Gasteiger partial charge in [-0.3, -0.25) is 4.79 Å². The molecule has 2 heterocycles. The van der Waals surface area contributed by atoms with E-state index in [1.165, 1.54) is 19.3 Å². The summed E-state index contributed by atoms with van der Waals surface area (Å²) in [7, 11) is 0. The highest BCUT2D eigenvalue weighted by atomic mass is 19.1. The average molecular weight is 347 g/mol. The topological polar surface area (TPSA) is 88.2 Å². The Bertz CT molecular complexity index is 935. The molecule has 0 radical (unpaired) electrons. The number of hydrogen-bond acceptors (Lipinski definition) is 6. The first-order chi connectivity index (χ1) is 11.9. The second kappa shape index (κ2) is 6.56. The molecule has 25 heavy (non-hydrogen) atoms. The van der Waals surface area contributed by atoms with Crippen LogP contribution in [0.2, 0.25) is 0 Å². The molecule has 0 bridgehead atoms. The number of fused-ring (bicyclic) bond motifs is 1. The Kier molecular flexibility index (Phi) is 4.45. The van der Waals surface area contributed by atoms with Gasteiger partial charge in [0.1, 0.15) is 35.6 Å². The quantitative estimate of drug-likeness (QED) is 0.689. The number of aryl methyl sites for hydroxylation is 1. The first-order valence-electron chi connectivity index (χ1n) is 7.51. The van der Waals surface area contributed by atoms with Gasteiger partial charge in [-0.2, -0.15) is 0 Å². The van der Waals surface area contributed by atoms with Gasteiger partial charge in [0, 0.05) is 6.54 Å². The van der Waals surface area contributed by atoms with Crippen molar-refractivity contribution < 1.29 is 23.1 Å². The van der Waals surface area contributed by atoms with Gasteiger partial charge >= 0.3 is 0 Å². The molecule has 8 heteroatoms. The van der Waals surface area contributed by atoms with Crippen molar-refractivity contribution in [3.8, 4) is 0 Å². The molecule has 3 aromatic rings. The number of aliphatic hydroxyl groups excluding tert-OH is 1. The molecule has 0 fully saturated rings. The van der Waals surface area contributed by atoms with E-state index >= 15 is 0 Å². The van der Waals surface area contributed by atoms with Gasteiger partial charge in [-0.1, -0.05) is 6.07 Å². The number of rotatable bonds is 5. The molecule has 0 saturated heterocycles. The van der Waals surface area contributed by atoms with Gasteiger partial charge < -0.3 is 14.8 Å². The van der Waals surface area contributed by atoms with Crippen molar-refractivity contribution >= 4 is 22.7 Å². The van der Waals surface area contributed by atoms with Crippen LogP contribution in [0.25, 0.3) is 11.1 Å². The highest BCUT2D eigenvalue weighted by Crippen LogP contribution is 2.30. The van der Waals surface area contributed by atoms with Crippen LogP contribution in [-0.2, 0) is 0 Å². The molecule has 0 amide bonds. The Hall–Kier alpha value is -2.87. The molecule has 0 spiro atoms. The van der Waals surface area contributed by atoms with Crippen LogP contribution >= 0.6 is 0 Å². The molecule has 6 nitrogen and oxygen atoms in total. The largest absolute Gasteiger partial charge is 0.442 e. The Morgan fingerprint density at radius 1 is 1.32 bits per heavy atom. The number of aliphatic hydroxyl groups is 1. The zero-order valence-electron chi connectivity index (χ0n) is 13.5. The molecule has 3 rings (SSSR count). The number of nitrogens with one attached hydrogen (secondary N) is 1. The van der Waals surface area contributed by atoms with Gasteiger partial charge in [0.2, 0.25) is 5.71 Å². The summed E-state index contributed by atoms with van der Waals surface area (Å²) in [6, 6.07) is 3.35. The van der Waals surface area contributed by atoms with Crippen molar-refractivity contribution in [3.63, 3.8) is 0 Å². The molecule has 1 aromatic carbocycles. The summed E-state index contributed by atoms with van der Waals surface area (Å²) in [5.74, 6) is -1.28.